The highest BCUT2D eigenvalue weighted by atomic mass is 16.5. The second kappa shape index (κ2) is 7.83. The summed E-state index contributed by atoms with van der Waals surface area (Å²) in [6, 6.07) is 15.8. The van der Waals surface area contributed by atoms with Crippen molar-refractivity contribution in [3.05, 3.63) is 65.6 Å². The van der Waals surface area contributed by atoms with Crippen molar-refractivity contribution in [3.8, 4) is 24.0 Å². The average Bonchev–Trinajstić information content (AvgIpc) is 2.61. The lowest BCUT2D eigenvalue weighted by Crippen LogP contribution is -2.04. The first kappa shape index (κ1) is 15.6. The first-order valence-corrected chi connectivity index (χ1v) is 6.60. The van der Waals surface area contributed by atoms with Crippen LogP contribution in [0.5, 0.6) is 5.75 Å². The van der Waals surface area contributed by atoms with E-state index < -0.39 is 0 Å². The largest absolute Gasteiger partial charge is 0.487 e. The Bertz CT molecular complexity index is 822. The van der Waals surface area contributed by atoms with Gasteiger partial charge in [0.15, 0.2) is 5.57 Å². The minimum Gasteiger partial charge on any atom is -0.487 e. The van der Waals surface area contributed by atoms with E-state index in [2.05, 4.69) is 10.3 Å². The van der Waals surface area contributed by atoms with Gasteiger partial charge in [0.1, 0.15) is 36.3 Å². The predicted molar refractivity (Wildman–Crippen MR) is 82.5 cm³/mol. The fourth-order valence-corrected chi connectivity index (χ4v) is 1.76. The monoisotopic (exact) mass is 301 g/mol. The summed E-state index contributed by atoms with van der Waals surface area (Å²) in [6.45, 7) is 0.307. The Balaban J connectivity index is 2.22. The van der Waals surface area contributed by atoms with E-state index >= 15 is 0 Å². The number of pyridine rings is 1. The predicted octanol–water partition coefficient (Wildman–Crippen LogP) is 2.90. The van der Waals surface area contributed by atoms with Gasteiger partial charge in [0.05, 0.1) is 5.69 Å². The van der Waals surface area contributed by atoms with E-state index in [1.165, 1.54) is 0 Å². The molecule has 110 valence electrons. The normalized spacial score (nSPS) is 8.91. The first-order chi connectivity index (χ1) is 11.3. The quantitative estimate of drug-likeness (QED) is 0.851. The Morgan fingerprint density at radius 2 is 1.83 bits per heavy atom. The maximum Gasteiger partial charge on any atom is 0.163 e. The lowest BCUT2D eigenvalue weighted by Gasteiger charge is -2.12. The van der Waals surface area contributed by atoms with Gasteiger partial charge in [-0.15, -0.1) is 0 Å². The number of benzene rings is 1. The molecule has 1 N–H and O–H groups in total. The lowest BCUT2D eigenvalue weighted by molar-refractivity contribution is 0.307. The molecular formula is C17H11N5O. The molecule has 0 spiro atoms. The summed E-state index contributed by atoms with van der Waals surface area (Å²) in [4.78, 5) is 4.01. The van der Waals surface area contributed by atoms with E-state index in [-0.39, 0.29) is 11.3 Å². The molecule has 6 nitrogen and oxygen atoms in total. The summed E-state index contributed by atoms with van der Waals surface area (Å²) in [7, 11) is 0. The fourth-order valence-electron chi connectivity index (χ4n) is 1.76. The number of nitriles is 3. The molecule has 2 rings (SSSR count). The van der Waals surface area contributed by atoms with Crippen LogP contribution in [0.2, 0.25) is 0 Å². The molecule has 0 atom stereocenters. The molecule has 1 aromatic carbocycles. The number of anilines is 1. The number of nitrogens with zero attached hydrogens (tertiary/aromatic N) is 4. The smallest absolute Gasteiger partial charge is 0.163 e. The van der Waals surface area contributed by atoms with Gasteiger partial charge in [0.2, 0.25) is 0 Å². The third-order valence-electron chi connectivity index (χ3n) is 2.85. The molecule has 0 amide bonds. The molecule has 1 aromatic heterocycles. The summed E-state index contributed by atoms with van der Waals surface area (Å²) in [5, 5.41) is 29.6. The molecular weight excluding hydrogens is 290 g/mol. The zero-order valence-corrected chi connectivity index (χ0v) is 12.0. The molecule has 0 aliphatic rings. The van der Waals surface area contributed by atoms with Crippen molar-refractivity contribution in [2.45, 2.75) is 6.61 Å². The molecule has 1 heterocycles. The van der Waals surface area contributed by atoms with Crippen LogP contribution in [0.3, 0.4) is 0 Å². The van der Waals surface area contributed by atoms with E-state index in [4.69, 9.17) is 20.5 Å². The number of hydrogen-bond acceptors (Lipinski definition) is 6. The maximum absolute atomic E-state index is 9.10. The van der Waals surface area contributed by atoms with Gasteiger partial charge in [-0.25, -0.2) is 0 Å². The number of nitrogens with one attached hydrogen (secondary N) is 1. The topological polar surface area (TPSA) is 106 Å². The highest BCUT2D eigenvalue weighted by Crippen LogP contribution is 2.26. The van der Waals surface area contributed by atoms with Gasteiger partial charge in [-0.3, -0.25) is 4.98 Å². The summed E-state index contributed by atoms with van der Waals surface area (Å²) in [5.74, 6) is 0.499. The Hall–Kier alpha value is -3.82. The molecule has 0 aliphatic carbocycles. The van der Waals surface area contributed by atoms with Crippen LogP contribution in [-0.4, -0.2) is 4.98 Å². The summed E-state index contributed by atoms with van der Waals surface area (Å²) >= 11 is 0. The Kier molecular flexibility index (Phi) is 5.30. The Labute approximate surface area is 133 Å². The van der Waals surface area contributed by atoms with Gasteiger partial charge < -0.3 is 10.1 Å². The van der Waals surface area contributed by atoms with Crippen LogP contribution < -0.4 is 10.1 Å². The minimum absolute atomic E-state index is 0.118. The van der Waals surface area contributed by atoms with Crippen molar-refractivity contribution in [2.24, 2.45) is 0 Å². The summed E-state index contributed by atoms with van der Waals surface area (Å²) in [5.41, 5.74) is 0.992. The van der Waals surface area contributed by atoms with Crippen LogP contribution in [-0.2, 0) is 6.61 Å². The van der Waals surface area contributed by atoms with E-state index in [9.17, 15) is 0 Å². The van der Waals surface area contributed by atoms with Crippen molar-refractivity contribution < 1.29 is 4.74 Å². The summed E-state index contributed by atoms with van der Waals surface area (Å²) in [6.07, 6.45) is 3.37. The number of allylic oxidation sites excluding steroid dienone is 2. The molecule has 6 heteroatoms. The van der Waals surface area contributed by atoms with Crippen LogP contribution in [0.1, 0.15) is 5.56 Å². The van der Waals surface area contributed by atoms with E-state index in [1.54, 1.807) is 48.8 Å². The number of rotatable bonds is 5. The van der Waals surface area contributed by atoms with Crippen molar-refractivity contribution >= 4 is 5.69 Å². The highest BCUT2D eigenvalue weighted by molar-refractivity contribution is 5.64. The highest BCUT2D eigenvalue weighted by Gasteiger charge is 2.09. The molecule has 0 bridgehead atoms. The van der Waals surface area contributed by atoms with Gasteiger partial charge in [0, 0.05) is 18.0 Å². The standard InChI is InChI=1S/C17H11N5O/c18-8-14(9-19)16(10-20)22-15-5-1-2-6-17(15)23-12-13-4-3-7-21-11-13/h1-7,11,22H,12H2. The van der Waals surface area contributed by atoms with Gasteiger partial charge >= 0.3 is 0 Å². The van der Waals surface area contributed by atoms with Crippen molar-refractivity contribution in [1.82, 2.24) is 4.98 Å². The van der Waals surface area contributed by atoms with Crippen LogP contribution in [0.15, 0.2) is 60.1 Å². The van der Waals surface area contributed by atoms with Crippen molar-refractivity contribution in [1.29, 1.82) is 15.8 Å². The molecule has 0 fully saturated rings. The Morgan fingerprint density at radius 1 is 1.04 bits per heavy atom. The molecule has 0 aliphatic heterocycles. The average molecular weight is 301 g/mol. The molecule has 0 saturated carbocycles. The van der Waals surface area contributed by atoms with Crippen molar-refractivity contribution in [2.75, 3.05) is 5.32 Å². The molecule has 0 saturated heterocycles. The van der Waals surface area contributed by atoms with Crippen LogP contribution >= 0.6 is 0 Å². The number of aromatic nitrogens is 1. The maximum atomic E-state index is 9.10. The Morgan fingerprint density at radius 3 is 2.48 bits per heavy atom. The van der Waals surface area contributed by atoms with Gasteiger partial charge in [-0.05, 0) is 18.2 Å². The second-order valence-corrected chi connectivity index (χ2v) is 4.36. The van der Waals surface area contributed by atoms with E-state index in [0.29, 0.717) is 18.0 Å². The molecule has 23 heavy (non-hydrogen) atoms. The number of ether oxygens (including phenoxy) is 1. The fraction of sp³-hybridized carbons (Fsp3) is 0.0588. The molecule has 0 unspecified atom stereocenters. The lowest BCUT2D eigenvalue weighted by atomic mass is 10.2. The zero-order chi connectivity index (χ0) is 16.5. The van der Waals surface area contributed by atoms with Gasteiger partial charge in [-0.1, -0.05) is 18.2 Å². The van der Waals surface area contributed by atoms with Crippen LogP contribution in [0, 0.1) is 34.0 Å². The summed E-state index contributed by atoms with van der Waals surface area (Å²) < 4.78 is 5.72. The second-order valence-electron chi connectivity index (χ2n) is 4.36. The molecule has 0 radical (unpaired) electrons. The minimum atomic E-state index is -0.283. The zero-order valence-electron chi connectivity index (χ0n) is 12.0. The SMILES string of the molecule is N#CC(C#N)=C(C#N)Nc1ccccc1OCc1cccnc1. The van der Waals surface area contributed by atoms with Crippen LogP contribution in [0.25, 0.3) is 0 Å². The van der Waals surface area contributed by atoms with E-state index in [0.717, 1.165) is 5.56 Å². The van der Waals surface area contributed by atoms with Crippen molar-refractivity contribution in [3.63, 3.8) is 0 Å². The van der Waals surface area contributed by atoms with Gasteiger partial charge in [-0.2, -0.15) is 15.8 Å². The first-order valence-electron chi connectivity index (χ1n) is 6.60. The van der Waals surface area contributed by atoms with E-state index in [1.807, 2.05) is 18.2 Å². The number of hydrogen-bond donors (Lipinski definition) is 1. The van der Waals surface area contributed by atoms with Crippen LogP contribution in [0.4, 0.5) is 5.69 Å². The number of para-hydroxylation sites is 2. The third-order valence-corrected chi connectivity index (χ3v) is 2.85. The third kappa shape index (κ3) is 4.07. The molecule has 2 aromatic rings. The van der Waals surface area contributed by atoms with Gasteiger partial charge in [0.25, 0.3) is 0 Å².